The number of ether oxygens (including phenoxy) is 2. The molecular formula is C17H24F3N4O3S+. The molecule has 0 unspecified atom stereocenters. The molecule has 0 radical (unpaired) electrons. The van der Waals surface area contributed by atoms with Gasteiger partial charge in [0.25, 0.3) is 0 Å². The van der Waals surface area contributed by atoms with E-state index in [1.165, 1.54) is 17.0 Å². The van der Waals surface area contributed by atoms with Crippen LogP contribution >= 0.6 is 12.2 Å². The highest BCUT2D eigenvalue weighted by atomic mass is 32.1. The van der Waals surface area contributed by atoms with Crippen LogP contribution in [0.25, 0.3) is 0 Å². The first kappa shape index (κ1) is 22.2. The number of quaternary nitrogens is 1. The fourth-order valence-corrected chi connectivity index (χ4v) is 3.14. The largest absolute Gasteiger partial charge is 0.573 e. The van der Waals surface area contributed by atoms with Crippen molar-refractivity contribution >= 4 is 28.9 Å². The van der Waals surface area contributed by atoms with Crippen molar-refractivity contribution in [1.29, 1.82) is 0 Å². The van der Waals surface area contributed by atoms with Crippen molar-refractivity contribution in [2.24, 2.45) is 0 Å². The molecule has 1 amide bonds. The molecule has 0 spiro atoms. The van der Waals surface area contributed by atoms with Crippen LogP contribution in [0.3, 0.4) is 0 Å². The second kappa shape index (κ2) is 9.89. The Balaban J connectivity index is 1.68. The minimum atomic E-state index is -4.74. The summed E-state index contributed by atoms with van der Waals surface area (Å²) in [7, 11) is 0. The number of thiocarbonyl (C=S) groups is 1. The molecule has 1 aliphatic heterocycles. The molecule has 2 atom stereocenters. The molecule has 4 N–H and O–H groups in total. The summed E-state index contributed by atoms with van der Waals surface area (Å²) in [6.45, 7) is 6.44. The molecule has 0 bridgehead atoms. The third kappa shape index (κ3) is 8.28. The average molecular weight is 421 g/mol. The van der Waals surface area contributed by atoms with E-state index in [0.717, 1.165) is 25.2 Å². The van der Waals surface area contributed by atoms with Gasteiger partial charge in [-0.05, 0) is 50.3 Å². The summed E-state index contributed by atoms with van der Waals surface area (Å²) in [5, 5.41) is 2.86. The maximum atomic E-state index is 12.1. The summed E-state index contributed by atoms with van der Waals surface area (Å²) in [6.07, 6.45) is -4.07. The third-order valence-electron chi connectivity index (χ3n) is 3.98. The van der Waals surface area contributed by atoms with Gasteiger partial charge in [-0.15, -0.1) is 13.2 Å². The van der Waals surface area contributed by atoms with Crippen LogP contribution in [0.4, 0.5) is 18.9 Å². The van der Waals surface area contributed by atoms with Gasteiger partial charge in [0.2, 0.25) is 5.91 Å². The number of alkyl halides is 3. The van der Waals surface area contributed by atoms with Crippen molar-refractivity contribution in [1.82, 2.24) is 10.9 Å². The molecule has 28 heavy (non-hydrogen) atoms. The van der Waals surface area contributed by atoms with Gasteiger partial charge in [-0.25, -0.2) is 0 Å². The fraction of sp³-hybridized carbons (Fsp3) is 0.529. The Morgan fingerprint density at radius 2 is 1.82 bits per heavy atom. The minimum absolute atomic E-state index is 0.110. The summed E-state index contributed by atoms with van der Waals surface area (Å²) >= 11 is 5.05. The zero-order valence-electron chi connectivity index (χ0n) is 15.6. The Morgan fingerprint density at radius 1 is 1.21 bits per heavy atom. The lowest BCUT2D eigenvalue weighted by Crippen LogP contribution is -3.15. The second-order valence-electron chi connectivity index (χ2n) is 6.62. The quantitative estimate of drug-likeness (QED) is 0.420. The van der Waals surface area contributed by atoms with Crippen LogP contribution in [0.5, 0.6) is 5.75 Å². The van der Waals surface area contributed by atoms with E-state index in [1.807, 2.05) is 13.8 Å². The topological polar surface area (TPSA) is 76.1 Å². The van der Waals surface area contributed by atoms with Crippen molar-refractivity contribution in [3.05, 3.63) is 24.3 Å². The Hall–Kier alpha value is -2.11. The van der Waals surface area contributed by atoms with Gasteiger partial charge in [0, 0.05) is 5.69 Å². The predicted octanol–water partition coefficient (Wildman–Crippen LogP) is 0.985. The summed E-state index contributed by atoms with van der Waals surface area (Å²) in [5.41, 5.74) is 5.51. The zero-order valence-corrected chi connectivity index (χ0v) is 16.4. The number of carbonyl (C=O) groups excluding carboxylic acids is 1. The number of anilines is 1. The average Bonchev–Trinajstić information content (AvgIpc) is 2.58. The van der Waals surface area contributed by atoms with E-state index in [2.05, 4.69) is 20.9 Å². The molecule has 0 aromatic heterocycles. The highest BCUT2D eigenvalue weighted by molar-refractivity contribution is 7.80. The van der Waals surface area contributed by atoms with E-state index >= 15 is 0 Å². The SMILES string of the molecule is C[C@H]1C[NH+](CCC(=O)NNC(=S)Nc2ccc(OC(F)(F)F)cc2)C[C@H](C)O1. The Morgan fingerprint density at radius 3 is 2.39 bits per heavy atom. The van der Waals surface area contributed by atoms with Gasteiger partial charge in [0.1, 0.15) is 31.0 Å². The summed E-state index contributed by atoms with van der Waals surface area (Å²) < 4.78 is 45.8. The summed E-state index contributed by atoms with van der Waals surface area (Å²) in [6, 6.07) is 5.07. The van der Waals surface area contributed by atoms with Crippen LogP contribution in [-0.4, -0.2) is 49.2 Å². The van der Waals surface area contributed by atoms with Crippen LogP contribution in [-0.2, 0) is 9.53 Å². The van der Waals surface area contributed by atoms with Gasteiger partial charge in [0.05, 0.1) is 13.0 Å². The molecule has 1 saturated heterocycles. The smallest absolute Gasteiger partial charge is 0.406 e. The number of carbonyl (C=O) groups is 1. The van der Waals surface area contributed by atoms with E-state index in [9.17, 15) is 18.0 Å². The number of morpholine rings is 1. The highest BCUT2D eigenvalue weighted by Gasteiger charge is 2.31. The van der Waals surface area contributed by atoms with Gasteiger partial charge in [-0.1, -0.05) is 0 Å². The third-order valence-corrected chi connectivity index (χ3v) is 4.19. The number of benzene rings is 1. The number of amides is 1. The minimum Gasteiger partial charge on any atom is -0.406 e. The monoisotopic (exact) mass is 421 g/mol. The van der Waals surface area contributed by atoms with Gasteiger partial charge >= 0.3 is 6.36 Å². The van der Waals surface area contributed by atoms with Crippen molar-refractivity contribution < 1.29 is 32.3 Å². The van der Waals surface area contributed by atoms with Crippen molar-refractivity contribution in [2.45, 2.75) is 38.8 Å². The normalized spacial score (nSPS) is 22.2. The Bertz CT molecular complexity index is 663. The molecule has 11 heteroatoms. The predicted molar refractivity (Wildman–Crippen MR) is 101 cm³/mol. The standard InChI is InChI=1S/C17H23F3N4O3S/c1-11-9-24(10-12(2)26-11)8-7-15(25)22-23-16(28)21-13-3-5-14(6-4-13)27-17(18,19)20/h3-6,11-12H,7-10H2,1-2H3,(H,22,25)(H2,21,23,28)/p+1/t11-,12-/m0/s1. The first-order valence-corrected chi connectivity index (χ1v) is 9.22. The summed E-state index contributed by atoms with van der Waals surface area (Å²) in [4.78, 5) is 13.3. The summed E-state index contributed by atoms with van der Waals surface area (Å²) in [5.74, 6) is -0.545. The van der Waals surface area contributed by atoms with Crippen molar-refractivity contribution in [3.8, 4) is 5.75 Å². The van der Waals surface area contributed by atoms with E-state index < -0.39 is 6.36 Å². The van der Waals surface area contributed by atoms with Crippen LogP contribution in [0, 0.1) is 0 Å². The zero-order chi connectivity index (χ0) is 20.7. The maximum Gasteiger partial charge on any atom is 0.573 e. The number of rotatable bonds is 5. The van der Waals surface area contributed by atoms with Crippen molar-refractivity contribution in [3.63, 3.8) is 0 Å². The molecule has 7 nitrogen and oxygen atoms in total. The van der Waals surface area contributed by atoms with Gasteiger partial charge < -0.3 is 19.7 Å². The van der Waals surface area contributed by atoms with Crippen LogP contribution in [0.2, 0.25) is 0 Å². The molecular weight excluding hydrogens is 397 g/mol. The Kier molecular flexibility index (Phi) is 7.84. The molecule has 1 heterocycles. The van der Waals surface area contributed by atoms with Gasteiger partial charge in [-0.3, -0.25) is 15.6 Å². The molecule has 1 fully saturated rings. The molecule has 2 rings (SSSR count). The first-order valence-electron chi connectivity index (χ1n) is 8.81. The van der Waals surface area contributed by atoms with Gasteiger partial charge in [-0.2, -0.15) is 0 Å². The van der Waals surface area contributed by atoms with E-state index in [4.69, 9.17) is 17.0 Å². The van der Waals surface area contributed by atoms with Crippen LogP contribution < -0.4 is 25.8 Å². The lowest BCUT2D eigenvalue weighted by Gasteiger charge is -2.32. The maximum absolute atomic E-state index is 12.1. The van der Waals surface area contributed by atoms with E-state index in [1.54, 1.807) is 0 Å². The highest BCUT2D eigenvalue weighted by Crippen LogP contribution is 2.23. The fourth-order valence-electron chi connectivity index (χ4n) is 2.97. The van der Waals surface area contributed by atoms with Crippen LogP contribution in [0.15, 0.2) is 24.3 Å². The number of nitrogens with one attached hydrogen (secondary N) is 4. The Labute approximate surface area is 166 Å². The molecule has 0 aliphatic carbocycles. The van der Waals surface area contributed by atoms with Crippen LogP contribution in [0.1, 0.15) is 20.3 Å². The molecule has 156 valence electrons. The number of hydrazine groups is 1. The second-order valence-corrected chi connectivity index (χ2v) is 7.02. The van der Waals surface area contributed by atoms with E-state index in [0.29, 0.717) is 18.7 Å². The number of hydrogen-bond acceptors (Lipinski definition) is 4. The lowest BCUT2D eigenvalue weighted by atomic mass is 10.2. The number of halogens is 3. The van der Waals surface area contributed by atoms with E-state index in [-0.39, 0.29) is 29.0 Å². The molecule has 1 aliphatic rings. The van der Waals surface area contributed by atoms with Gasteiger partial charge in [0.15, 0.2) is 5.11 Å². The van der Waals surface area contributed by atoms with Crippen molar-refractivity contribution in [2.75, 3.05) is 25.0 Å². The molecule has 1 aromatic rings. The molecule has 1 aromatic carbocycles. The number of hydrogen-bond donors (Lipinski definition) is 4. The lowest BCUT2D eigenvalue weighted by molar-refractivity contribution is -0.914. The first-order chi connectivity index (χ1) is 13.1. The molecule has 0 saturated carbocycles.